The van der Waals surface area contributed by atoms with E-state index in [1.165, 1.54) is 26.2 Å². The Labute approximate surface area is 104 Å². The molecule has 18 heavy (non-hydrogen) atoms. The van der Waals surface area contributed by atoms with Gasteiger partial charge in [0.25, 0.3) is 5.91 Å². The van der Waals surface area contributed by atoms with Crippen molar-refractivity contribution in [3.05, 3.63) is 29.6 Å². The van der Waals surface area contributed by atoms with Crippen LogP contribution in [0.1, 0.15) is 17.3 Å². The molecule has 1 aromatic rings. The Morgan fingerprint density at radius 3 is 2.50 bits per heavy atom. The molecule has 5 nitrogen and oxygen atoms in total. The number of hydrogen-bond donors (Lipinski definition) is 3. The number of carbonyl (C=O) groups is 1. The van der Waals surface area contributed by atoms with E-state index in [1.807, 2.05) is 0 Å². The lowest BCUT2D eigenvalue weighted by atomic mass is 10.0. The summed E-state index contributed by atoms with van der Waals surface area (Å²) in [6, 6.07) is 3.82. The summed E-state index contributed by atoms with van der Waals surface area (Å²) in [7, 11) is 1.39. The molecule has 0 heterocycles. The lowest BCUT2D eigenvalue weighted by Gasteiger charge is -2.26. The first-order valence-electron chi connectivity index (χ1n) is 5.33. The molecule has 1 rings (SSSR count). The van der Waals surface area contributed by atoms with E-state index in [0.29, 0.717) is 5.75 Å². The second kappa shape index (κ2) is 5.79. The highest BCUT2D eigenvalue weighted by atomic mass is 19.1. The quantitative estimate of drug-likeness (QED) is 0.709. The summed E-state index contributed by atoms with van der Waals surface area (Å²) in [6.07, 6.45) is 0. The molecule has 1 amide bonds. The van der Waals surface area contributed by atoms with E-state index in [-0.39, 0.29) is 5.56 Å². The van der Waals surface area contributed by atoms with E-state index in [9.17, 15) is 9.18 Å². The SMILES string of the molecule is COc1ccc(C(=O)NC(C)(CO)CO)c(F)c1. The van der Waals surface area contributed by atoms with Gasteiger partial charge in [0.2, 0.25) is 0 Å². The van der Waals surface area contributed by atoms with E-state index in [0.717, 1.165) is 6.07 Å². The van der Waals surface area contributed by atoms with E-state index in [2.05, 4.69) is 5.32 Å². The lowest BCUT2D eigenvalue weighted by molar-refractivity contribution is 0.0720. The van der Waals surface area contributed by atoms with Crippen molar-refractivity contribution in [2.45, 2.75) is 12.5 Å². The van der Waals surface area contributed by atoms with Crippen molar-refractivity contribution in [2.75, 3.05) is 20.3 Å². The van der Waals surface area contributed by atoms with E-state index in [4.69, 9.17) is 14.9 Å². The molecule has 1 aromatic carbocycles. The molecule has 0 aromatic heterocycles. The lowest BCUT2D eigenvalue weighted by Crippen LogP contribution is -2.51. The number of halogens is 1. The van der Waals surface area contributed by atoms with Crippen molar-refractivity contribution in [3.8, 4) is 5.75 Å². The highest BCUT2D eigenvalue weighted by Crippen LogP contribution is 2.17. The van der Waals surface area contributed by atoms with Crippen LogP contribution in [-0.2, 0) is 0 Å². The molecule has 0 bridgehead atoms. The standard InChI is InChI=1S/C12H16FNO4/c1-12(6-15,7-16)14-11(17)9-4-3-8(18-2)5-10(9)13/h3-5,15-16H,6-7H2,1-2H3,(H,14,17). The largest absolute Gasteiger partial charge is 0.497 e. The van der Waals surface area contributed by atoms with Crippen molar-refractivity contribution in [2.24, 2.45) is 0 Å². The average Bonchev–Trinajstić information content (AvgIpc) is 2.38. The highest BCUT2D eigenvalue weighted by Gasteiger charge is 2.26. The number of nitrogens with one attached hydrogen (secondary N) is 1. The Morgan fingerprint density at radius 1 is 1.44 bits per heavy atom. The predicted octanol–water partition coefficient (Wildman–Crippen LogP) is 0.307. The maximum Gasteiger partial charge on any atom is 0.254 e. The molecule has 0 fully saturated rings. The summed E-state index contributed by atoms with van der Waals surface area (Å²) in [5.41, 5.74) is -1.37. The molecule has 0 atom stereocenters. The minimum absolute atomic E-state index is 0.177. The number of benzene rings is 1. The van der Waals surface area contributed by atoms with Crippen LogP contribution in [0.3, 0.4) is 0 Å². The summed E-state index contributed by atoms with van der Waals surface area (Å²) in [5, 5.41) is 20.5. The third-order valence-corrected chi connectivity index (χ3v) is 2.53. The number of ether oxygens (including phenoxy) is 1. The summed E-state index contributed by atoms with van der Waals surface area (Å²) >= 11 is 0. The van der Waals surface area contributed by atoms with Gasteiger partial charge >= 0.3 is 0 Å². The molecule has 0 aliphatic rings. The van der Waals surface area contributed by atoms with Crippen LogP contribution >= 0.6 is 0 Å². The molecule has 100 valence electrons. The van der Waals surface area contributed by atoms with Gasteiger partial charge in [0.05, 0.1) is 31.4 Å². The molecule has 0 saturated heterocycles. The summed E-state index contributed by atoms with van der Waals surface area (Å²) in [6.45, 7) is 0.548. The van der Waals surface area contributed by atoms with Gasteiger partial charge in [0, 0.05) is 6.07 Å². The first-order chi connectivity index (χ1) is 8.45. The highest BCUT2D eigenvalue weighted by molar-refractivity contribution is 5.95. The molecule has 6 heteroatoms. The van der Waals surface area contributed by atoms with Crippen LogP contribution in [0.15, 0.2) is 18.2 Å². The van der Waals surface area contributed by atoms with Crippen molar-refractivity contribution in [1.29, 1.82) is 0 Å². The summed E-state index contributed by atoms with van der Waals surface area (Å²) in [5.74, 6) is -1.14. The number of methoxy groups -OCH3 is 1. The number of carbonyl (C=O) groups excluding carboxylic acids is 1. The molecular weight excluding hydrogens is 241 g/mol. The fourth-order valence-corrected chi connectivity index (χ4v) is 1.28. The Morgan fingerprint density at radius 2 is 2.06 bits per heavy atom. The maximum absolute atomic E-state index is 13.6. The van der Waals surface area contributed by atoms with Crippen molar-refractivity contribution in [1.82, 2.24) is 5.32 Å². The average molecular weight is 257 g/mol. The number of rotatable bonds is 5. The molecule has 0 aliphatic carbocycles. The summed E-state index contributed by atoms with van der Waals surface area (Å²) < 4.78 is 18.4. The van der Waals surface area contributed by atoms with Crippen LogP contribution in [0, 0.1) is 5.82 Å². The number of hydrogen-bond acceptors (Lipinski definition) is 4. The van der Waals surface area contributed by atoms with Crippen molar-refractivity contribution in [3.63, 3.8) is 0 Å². The van der Waals surface area contributed by atoms with Crippen LogP contribution in [-0.4, -0.2) is 42.0 Å². The fourth-order valence-electron chi connectivity index (χ4n) is 1.28. The van der Waals surface area contributed by atoms with Gasteiger partial charge in [0.1, 0.15) is 11.6 Å². The third kappa shape index (κ3) is 3.18. The van der Waals surface area contributed by atoms with Crippen LogP contribution in [0.2, 0.25) is 0 Å². The van der Waals surface area contributed by atoms with Gasteiger partial charge in [-0.1, -0.05) is 0 Å². The third-order valence-electron chi connectivity index (χ3n) is 2.53. The molecule has 0 unspecified atom stereocenters. The van der Waals surface area contributed by atoms with Gasteiger partial charge in [-0.25, -0.2) is 4.39 Å². The van der Waals surface area contributed by atoms with E-state index < -0.39 is 30.5 Å². The second-order valence-corrected chi connectivity index (χ2v) is 4.18. The maximum atomic E-state index is 13.6. The van der Waals surface area contributed by atoms with Crippen LogP contribution in [0.25, 0.3) is 0 Å². The molecule has 0 spiro atoms. The molecule has 3 N–H and O–H groups in total. The number of amides is 1. The first kappa shape index (κ1) is 14.4. The van der Waals surface area contributed by atoms with Gasteiger partial charge in [-0.05, 0) is 19.1 Å². The molecule has 0 radical (unpaired) electrons. The monoisotopic (exact) mass is 257 g/mol. The van der Waals surface area contributed by atoms with E-state index in [1.54, 1.807) is 0 Å². The summed E-state index contributed by atoms with van der Waals surface area (Å²) in [4.78, 5) is 11.8. The van der Waals surface area contributed by atoms with Gasteiger partial charge < -0.3 is 20.3 Å². The van der Waals surface area contributed by atoms with Crippen LogP contribution < -0.4 is 10.1 Å². The van der Waals surface area contributed by atoms with Crippen molar-refractivity contribution < 1.29 is 24.1 Å². The zero-order valence-corrected chi connectivity index (χ0v) is 10.2. The van der Waals surface area contributed by atoms with Gasteiger partial charge in [-0.15, -0.1) is 0 Å². The topological polar surface area (TPSA) is 78.8 Å². The minimum Gasteiger partial charge on any atom is -0.497 e. The number of aliphatic hydroxyl groups is 2. The van der Waals surface area contributed by atoms with Crippen LogP contribution in [0.4, 0.5) is 4.39 Å². The Hall–Kier alpha value is -1.66. The van der Waals surface area contributed by atoms with E-state index >= 15 is 0 Å². The normalized spacial score (nSPS) is 11.2. The number of aliphatic hydroxyl groups excluding tert-OH is 2. The van der Waals surface area contributed by atoms with Crippen LogP contribution in [0.5, 0.6) is 5.75 Å². The molecule has 0 saturated carbocycles. The van der Waals surface area contributed by atoms with Crippen molar-refractivity contribution >= 4 is 5.91 Å². The Kier molecular flexibility index (Phi) is 4.63. The molecular formula is C12H16FNO4. The predicted molar refractivity (Wildman–Crippen MR) is 63.0 cm³/mol. The Balaban J connectivity index is 2.91. The van der Waals surface area contributed by atoms with Gasteiger partial charge in [-0.3, -0.25) is 4.79 Å². The second-order valence-electron chi connectivity index (χ2n) is 4.18. The zero-order valence-electron chi connectivity index (χ0n) is 10.2. The first-order valence-corrected chi connectivity index (χ1v) is 5.33. The smallest absolute Gasteiger partial charge is 0.254 e. The zero-order chi connectivity index (χ0) is 13.8. The minimum atomic E-state index is -1.19. The Bertz CT molecular complexity index is 432. The van der Waals surface area contributed by atoms with Gasteiger partial charge in [0.15, 0.2) is 0 Å². The molecule has 0 aliphatic heterocycles. The van der Waals surface area contributed by atoms with Gasteiger partial charge in [-0.2, -0.15) is 0 Å². The fraction of sp³-hybridized carbons (Fsp3) is 0.417.